The highest BCUT2D eigenvalue weighted by molar-refractivity contribution is 4.98. The van der Waals surface area contributed by atoms with E-state index in [0.717, 1.165) is 31.0 Å². The maximum Gasteiger partial charge on any atom is 0.0685 e. The first-order valence-corrected chi connectivity index (χ1v) is 7.70. The van der Waals surface area contributed by atoms with Crippen LogP contribution in [0.25, 0.3) is 0 Å². The van der Waals surface area contributed by atoms with Crippen molar-refractivity contribution in [3.8, 4) is 0 Å². The molecule has 0 aromatic heterocycles. The van der Waals surface area contributed by atoms with Crippen molar-refractivity contribution in [2.75, 3.05) is 13.2 Å². The lowest BCUT2D eigenvalue weighted by atomic mass is 9.68. The number of nitrogens with one attached hydrogen (secondary N) is 1. The molecule has 1 heterocycles. The summed E-state index contributed by atoms with van der Waals surface area (Å²) in [7, 11) is 0. The van der Waals surface area contributed by atoms with Crippen molar-refractivity contribution >= 4 is 0 Å². The first kappa shape index (κ1) is 12.0. The van der Waals surface area contributed by atoms with Crippen molar-refractivity contribution in [2.24, 2.45) is 11.8 Å². The highest BCUT2D eigenvalue weighted by Gasteiger charge is 2.46. The van der Waals surface area contributed by atoms with Gasteiger partial charge in [0, 0.05) is 12.6 Å². The van der Waals surface area contributed by atoms with Crippen LogP contribution in [-0.4, -0.2) is 24.8 Å². The summed E-state index contributed by atoms with van der Waals surface area (Å²) in [5.74, 6) is 1.88. The van der Waals surface area contributed by atoms with Crippen LogP contribution < -0.4 is 5.32 Å². The van der Waals surface area contributed by atoms with Gasteiger partial charge in [-0.05, 0) is 63.3 Å². The number of rotatable bonds is 3. The second kappa shape index (κ2) is 4.89. The minimum atomic E-state index is 0.336. The third kappa shape index (κ3) is 2.26. The zero-order chi connectivity index (χ0) is 11.7. The van der Waals surface area contributed by atoms with Crippen molar-refractivity contribution in [1.82, 2.24) is 5.32 Å². The molecule has 1 aliphatic heterocycles. The molecule has 0 aromatic carbocycles. The average molecular weight is 237 g/mol. The van der Waals surface area contributed by atoms with Gasteiger partial charge in [-0.15, -0.1) is 0 Å². The van der Waals surface area contributed by atoms with Crippen molar-refractivity contribution in [3.63, 3.8) is 0 Å². The van der Waals surface area contributed by atoms with E-state index in [2.05, 4.69) is 12.2 Å². The Bertz CT molecular complexity index is 262. The van der Waals surface area contributed by atoms with E-state index in [1.807, 2.05) is 0 Å². The zero-order valence-corrected chi connectivity index (χ0v) is 11.2. The van der Waals surface area contributed by atoms with E-state index in [9.17, 15) is 0 Å². The van der Waals surface area contributed by atoms with Gasteiger partial charge in [0.25, 0.3) is 0 Å². The Labute approximate surface area is 105 Å². The molecule has 0 radical (unpaired) electrons. The van der Waals surface area contributed by atoms with Crippen LogP contribution in [0.15, 0.2) is 0 Å². The molecule has 1 spiro atoms. The van der Waals surface area contributed by atoms with E-state index >= 15 is 0 Å². The van der Waals surface area contributed by atoms with Gasteiger partial charge in [0.05, 0.1) is 5.60 Å². The largest absolute Gasteiger partial charge is 0.375 e. The molecule has 98 valence electrons. The van der Waals surface area contributed by atoms with Gasteiger partial charge in [-0.2, -0.15) is 0 Å². The molecule has 2 heteroatoms. The van der Waals surface area contributed by atoms with Crippen LogP contribution in [0.4, 0.5) is 0 Å². The monoisotopic (exact) mass is 237 g/mol. The summed E-state index contributed by atoms with van der Waals surface area (Å²) in [6.45, 7) is 4.41. The minimum absolute atomic E-state index is 0.336. The summed E-state index contributed by atoms with van der Waals surface area (Å²) >= 11 is 0. The first-order chi connectivity index (χ1) is 8.33. The molecule has 2 nitrogen and oxygen atoms in total. The molecule has 17 heavy (non-hydrogen) atoms. The molecule has 2 aliphatic carbocycles. The van der Waals surface area contributed by atoms with E-state index in [1.54, 1.807) is 0 Å². The summed E-state index contributed by atoms with van der Waals surface area (Å²) in [4.78, 5) is 0. The van der Waals surface area contributed by atoms with Crippen molar-refractivity contribution in [2.45, 2.75) is 69.9 Å². The van der Waals surface area contributed by atoms with E-state index in [4.69, 9.17) is 4.74 Å². The number of ether oxygens (including phenoxy) is 1. The topological polar surface area (TPSA) is 21.3 Å². The third-order valence-electron chi connectivity index (χ3n) is 5.44. The van der Waals surface area contributed by atoms with E-state index in [0.29, 0.717) is 5.60 Å². The fourth-order valence-corrected chi connectivity index (χ4v) is 4.42. The Balaban J connectivity index is 1.62. The Kier molecular flexibility index (Phi) is 3.45. The maximum absolute atomic E-state index is 6.07. The number of hydrogen-bond donors (Lipinski definition) is 1. The number of hydrogen-bond acceptors (Lipinski definition) is 2. The van der Waals surface area contributed by atoms with Gasteiger partial charge in [0.1, 0.15) is 0 Å². The first-order valence-electron chi connectivity index (χ1n) is 7.70. The van der Waals surface area contributed by atoms with Crippen molar-refractivity contribution < 1.29 is 4.74 Å². The fraction of sp³-hybridized carbons (Fsp3) is 1.00. The van der Waals surface area contributed by atoms with Gasteiger partial charge in [-0.3, -0.25) is 0 Å². The van der Waals surface area contributed by atoms with Gasteiger partial charge in [-0.25, -0.2) is 0 Å². The van der Waals surface area contributed by atoms with Crippen LogP contribution in [0.2, 0.25) is 0 Å². The molecule has 0 bridgehead atoms. The van der Waals surface area contributed by atoms with Crippen LogP contribution >= 0.6 is 0 Å². The molecule has 3 atom stereocenters. The minimum Gasteiger partial charge on any atom is -0.375 e. The second-order valence-electron chi connectivity index (χ2n) is 6.40. The van der Waals surface area contributed by atoms with E-state index < -0.39 is 0 Å². The Morgan fingerprint density at radius 2 is 2.06 bits per heavy atom. The second-order valence-corrected chi connectivity index (χ2v) is 6.40. The Morgan fingerprint density at radius 3 is 2.76 bits per heavy atom. The van der Waals surface area contributed by atoms with E-state index in [1.165, 1.54) is 51.4 Å². The van der Waals surface area contributed by atoms with Crippen LogP contribution in [0.5, 0.6) is 0 Å². The quantitative estimate of drug-likeness (QED) is 0.814. The fourth-order valence-electron chi connectivity index (χ4n) is 4.42. The molecule has 3 rings (SSSR count). The molecular formula is C15H27NO. The Hall–Kier alpha value is -0.0800. The van der Waals surface area contributed by atoms with Crippen LogP contribution in [0.1, 0.15) is 58.3 Å². The summed E-state index contributed by atoms with van der Waals surface area (Å²) in [6, 6.07) is 0.806. The van der Waals surface area contributed by atoms with Crippen LogP contribution in [0, 0.1) is 11.8 Å². The standard InChI is InChI=1S/C15H27NO/c1-2-16-14-6-3-5-13(14)12-7-10-17-15(11-12)8-4-9-15/h12-14,16H,2-11H2,1H3. The van der Waals surface area contributed by atoms with Gasteiger partial charge >= 0.3 is 0 Å². The molecule has 3 aliphatic rings. The van der Waals surface area contributed by atoms with Gasteiger partial charge in [0.15, 0.2) is 0 Å². The highest BCUT2D eigenvalue weighted by atomic mass is 16.5. The molecule has 1 N–H and O–H groups in total. The summed E-state index contributed by atoms with van der Waals surface area (Å²) in [6.07, 6.45) is 11.0. The molecule has 3 unspecified atom stereocenters. The molecule has 2 saturated carbocycles. The summed E-state index contributed by atoms with van der Waals surface area (Å²) in [5, 5.41) is 3.71. The predicted molar refractivity (Wildman–Crippen MR) is 70.1 cm³/mol. The van der Waals surface area contributed by atoms with Gasteiger partial charge in [-0.1, -0.05) is 13.3 Å². The average Bonchev–Trinajstić information content (AvgIpc) is 2.76. The van der Waals surface area contributed by atoms with Gasteiger partial charge < -0.3 is 10.1 Å². The highest BCUT2D eigenvalue weighted by Crippen LogP contribution is 2.48. The van der Waals surface area contributed by atoms with Gasteiger partial charge in [0.2, 0.25) is 0 Å². The lowest BCUT2D eigenvalue weighted by Gasteiger charge is -2.49. The maximum atomic E-state index is 6.07. The molecule has 0 amide bonds. The van der Waals surface area contributed by atoms with Crippen LogP contribution in [-0.2, 0) is 4.74 Å². The van der Waals surface area contributed by atoms with E-state index in [-0.39, 0.29) is 0 Å². The predicted octanol–water partition coefficient (Wildman–Crippen LogP) is 3.11. The zero-order valence-electron chi connectivity index (χ0n) is 11.2. The Morgan fingerprint density at radius 1 is 1.18 bits per heavy atom. The molecule has 1 saturated heterocycles. The summed E-state index contributed by atoms with van der Waals surface area (Å²) < 4.78 is 6.07. The van der Waals surface area contributed by atoms with Crippen LogP contribution in [0.3, 0.4) is 0 Å². The molecular weight excluding hydrogens is 210 g/mol. The van der Waals surface area contributed by atoms with Crippen molar-refractivity contribution in [3.05, 3.63) is 0 Å². The normalized spacial score (nSPS) is 40.4. The molecule has 3 fully saturated rings. The summed E-state index contributed by atoms with van der Waals surface area (Å²) in [5.41, 5.74) is 0.336. The lowest BCUT2D eigenvalue weighted by Crippen LogP contribution is -2.48. The lowest BCUT2D eigenvalue weighted by molar-refractivity contribution is -0.150. The third-order valence-corrected chi connectivity index (χ3v) is 5.44. The molecule has 0 aromatic rings. The van der Waals surface area contributed by atoms with Crippen molar-refractivity contribution in [1.29, 1.82) is 0 Å². The smallest absolute Gasteiger partial charge is 0.0685 e. The SMILES string of the molecule is CCNC1CCCC1C1CCOC2(CCC2)C1.